The van der Waals surface area contributed by atoms with Crippen LogP contribution in [0.4, 0.5) is 0 Å². The molecule has 0 bridgehead atoms. The lowest BCUT2D eigenvalue weighted by Crippen LogP contribution is -2.15. The summed E-state index contributed by atoms with van der Waals surface area (Å²) in [6, 6.07) is 1.85. The first-order chi connectivity index (χ1) is 8.25. The van der Waals surface area contributed by atoms with E-state index in [1.54, 1.807) is 6.20 Å². The summed E-state index contributed by atoms with van der Waals surface area (Å²) in [6.45, 7) is 1.30. The van der Waals surface area contributed by atoms with Crippen LogP contribution < -0.4 is 5.32 Å². The number of hydrogen-bond acceptors (Lipinski definition) is 4. The Balaban J connectivity index is 1.81. The molecule has 0 aliphatic carbocycles. The van der Waals surface area contributed by atoms with Gasteiger partial charge in [0.25, 0.3) is 0 Å². The van der Waals surface area contributed by atoms with E-state index < -0.39 is 5.97 Å². The predicted molar refractivity (Wildman–Crippen MR) is 61.6 cm³/mol. The van der Waals surface area contributed by atoms with Crippen LogP contribution in [-0.4, -0.2) is 32.0 Å². The zero-order valence-corrected chi connectivity index (χ0v) is 9.33. The maximum atomic E-state index is 10.3. The van der Waals surface area contributed by atoms with Crippen LogP contribution in [0.25, 0.3) is 5.78 Å². The number of hydrogen-bond donors (Lipinski definition) is 2. The van der Waals surface area contributed by atoms with Crippen molar-refractivity contribution in [3.05, 3.63) is 30.4 Å². The zero-order valence-electron chi connectivity index (χ0n) is 9.33. The largest absolute Gasteiger partial charge is 0.481 e. The smallest absolute Gasteiger partial charge is 0.303 e. The van der Waals surface area contributed by atoms with E-state index >= 15 is 0 Å². The molecule has 0 saturated carbocycles. The summed E-state index contributed by atoms with van der Waals surface area (Å²) in [5, 5.41) is 11.6. The standard InChI is InChI=1S/C11H14N4O2/c16-10(17)3-1-4-12-7-9-8-15-6-2-5-13-11(15)14-9/h2,5-6,8,12H,1,3-4,7H2,(H,16,17). The second kappa shape index (κ2) is 5.40. The first-order valence-corrected chi connectivity index (χ1v) is 5.47. The van der Waals surface area contributed by atoms with Gasteiger partial charge in [0, 0.05) is 31.6 Å². The van der Waals surface area contributed by atoms with Crippen LogP contribution in [0.3, 0.4) is 0 Å². The van der Waals surface area contributed by atoms with Crippen LogP contribution in [0.1, 0.15) is 18.5 Å². The van der Waals surface area contributed by atoms with Gasteiger partial charge in [-0.05, 0) is 19.0 Å². The molecule has 6 heteroatoms. The van der Waals surface area contributed by atoms with Crippen molar-refractivity contribution in [1.82, 2.24) is 19.7 Å². The molecule has 0 fully saturated rings. The number of nitrogens with one attached hydrogen (secondary N) is 1. The molecule has 2 heterocycles. The number of nitrogens with zero attached hydrogens (tertiary/aromatic N) is 3. The van der Waals surface area contributed by atoms with Crippen LogP contribution in [0.2, 0.25) is 0 Å². The summed E-state index contributed by atoms with van der Waals surface area (Å²) in [5.74, 6) is -0.0847. The molecule has 2 N–H and O–H groups in total. The second-order valence-electron chi connectivity index (χ2n) is 3.73. The molecule has 2 aromatic heterocycles. The van der Waals surface area contributed by atoms with Gasteiger partial charge in [-0.3, -0.25) is 9.20 Å². The Morgan fingerprint density at radius 2 is 2.41 bits per heavy atom. The van der Waals surface area contributed by atoms with E-state index in [9.17, 15) is 4.79 Å². The molecular formula is C11H14N4O2. The lowest BCUT2D eigenvalue weighted by molar-refractivity contribution is -0.137. The van der Waals surface area contributed by atoms with Gasteiger partial charge in [0.1, 0.15) is 0 Å². The third-order valence-electron chi connectivity index (χ3n) is 2.34. The fraction of sp³-hybridized carbons (Fsp3) is 0.364. The number of carboxylic acids is 1. The van der Waals surface area contributed by atoms with Crippen molar-refractivity contribution in [1.29, 1.82) is 0 Å². The molecule has 0 radical (unpaired) electrons. The number of carboxylic acid groups (broad SMARTS) is 1. The summed E-state index contributed by atoms with van der Waals surface area (Å²) in [5.41, 5.74) is 0.902. The van der Waals surface area contributed by atoms with Gasteiger partial charge in [0.2, 0.25) is 5.78 Å². The monoisotopic (exact) mass is 234 g/mol. The zero-order chi connectivity index (χ0) is 12.1. The van der Waals surface area contributed by atoms with E-state index in [1.165, 1.54) is 0 Å². The first kappa shape index (κ1) is 11.5. The molecule has 0 saturated heterocycles. The Morgan fingerprint density at radius 1 is 1.53 bits per heavy atom. The highest BCUT2D eigenvalue weighted by Gasteiger charge is 2.01. The van der Waals surface area contributed by atoms with E-state index in [0.717, 1.165) is 5.69 Å². The Hall–Kier alpha value is -1.95. The SMILES string of the molecule is O=C(O)CCCNCc1cn2cccnc2n1. The average Bonchev–Trinajstić information content (AvgIpc) is 2.70. The van der Waals surface area contributed by atoms with Crippen molar-refractivity contribution in [3.8, 4) is 0 Å². The van der Waals surface area contributed by atoms with Gasteiger partial charge >= 0.3 is 5.97 Å². The summed E-state index contributed by atoms with van der Waals surface area (Å²) < 4.78 is 1.86. The Morgan fingerprint density at radius 3 is 3.18 bits per heavy atom. The van der Waals surface area contributed by atoms with E-state index in [4.69, 9.17) is 5.11 Å². The maximum absolute atomic E-state index is 10.3. The van der Waals surface area contributed by atoms with Crippen LogP contribution in [0.5, 0.6) is 0 Å². The van der Waals surface area contributed by atoms with Gasteiger partial charge in [-0.2, -0.15) is 0 Å². The third-order valence-corrected chi connectivity index (χ3v) is 2.34. The molecule has 0 aliphatic heterocycles. The van der Waals surface area contributed by atoms with E-state index in [1.807, 2.05) is 22.9 Å². The highest BCUT2D eigenvalue weighted by Crippen LogP contribution is 2.01. The lowest BCUT2D eigenvalue weighted by Gasteiger charge is -1.99. The minimum absolute atomic E-state index is 0.194. The molecule has 0 aliphatic rings. The lowest BCUT2D eigenvalue weighted by atomic mass is 10.3. The quantitative estimate of drug-likeness (QED) is 0.719. The van der Waals surface area contributed by atoms with Crippen molar-refractivity contribution in [2.75, 3.05) is 6.54 Å². The molecule has 0 aromatic carbocycles. The fourth-order valence-electron chi connectivity index (χ4n) is 1.55. The highest BCUT2D eigenvalue weighted by molar-refractivity contribution is 5.66. The van der Waals surface area contributed by atoms with Gasteiger partial charge in [0.05, 0.1) is 5.69 Å². The van der Waals surface area contributed by atoms with Gasteiger partial charge < -0.3 is 10.4 Å². The average molecular weight is 234 g/mol. The summed E-state index contributed by atoms with van der Waals surface area (Å²) >= 11 is 0. The van der Waals surface area contributed by atoms with Crippen LogP contribution in [0.15, 0.2) is 24.7 Å². The molecule has 0 spiro atoms. The Labute approximate surface area is 98.3 Å². The number of aliphatic carboxylic acids is 1. The molecule has 17 heavy (non-hydrogen) atoms. The maximum Gasteiger partial charge on any atom is 0.303 e. The summed E-state index contributed by atoms with van der Waals surface area (Å²) in [4.78, 5) is 18.7. The van der Waals surface area contributed by atoms with Gasteiger partial charge in [-0.15, -0.1) is 0 Å². The fourth-order valence-corrected chi connectivity index (χ4v) is 1.55. The number of fused-ring (bicyclic) bond motifs is 1. The molecule has 0 atom stereocenters. The minimum atomic E-state index is -0.760. The van der Waals surface area contributed by atoms with Gasteiger partial charge in [-0.25, -0.2) is 9.97 Å². The molecule has 0 amide bonds. The molecule has 90 valence electrons. The van der Waals surface area contributed by atoms with Crippen molar-refractivity contribution in [2.45, 2.75) is 19.4 Å². The number of aromatic nitrogens is 3. The summed E-state index contributed by atoms with van der Waals surface area (Å²) in [7, 11) is 0. The Kier molecular flexibility index (Phi) is 3.66. The van der Waals surface area contributed by atoms with Gasteiger partial charge in [0.15, 0.2) is 0 Å². The Bertz CT molecular complexity index is 476. The predicted octanol–water partition coefficient (Wildman–Crippen LogP) is 0.684. The van der Waals surface area contributed by atoms with Crippen molar-refractivity contribution in [3.63, 3.8) is 0 Å². The first-order valence-electron chi connectivity index (χ1n) is 5.47. The third kappa shape index (κ3) is 3.25. The van der Waals surface area contributed by atoms with Crippen molar-refractivity contribution < 1.29 is 9.90 Å². The summed E-state index contributed by atoms with van der Waals surface area (Å²) in [6.07, 6.45) is 6.32. The van der Waals surface area contributed by atoms with Crippen molar-refractivity contribution >= 4 is 11.7 Å². The molecule has 0 unspecified atom stereocenters. The highest BCUT2D eigenvalue weighted by atomic mass is 16.4. The van der Waals surface area contributed by atoms with E-state index in [-0.39, 0.29) is 6.42 Å². The molecule has 6 nitrogen and oxygen atoms in total. The van der Waals surface area contributed by atoms with Crippen molar-refractivity contribution in [2.24, 2.45) is 0 Å². The second-order valence-corrected chi connectivity index (χ2v) is 3.73. The van der Waals surface area contributed by atoms with Gasteiger partial charge in [-0.1, -0.05) is 0 Å². The van der Waals surface area contributed by atoms with E-state index in [2.05, 4.69) is 15.3 Å². The molecule has 2 rings (SSSR count). The number of rotatable bonds is 6. The molecule has 2 aromatic rings. The minimum Gasteiger partial charge on any atom is -0.481 e. The van der Waals surface area contributed by atoms with E-state index in [0.29, 0.717) is 25.3 Å². The van der Waals surface area contributed by atoms with Crippen LogP contribution in [-0.2, 0) is 11.3 Å². The van der Waals surface area contributed by atoms with Crippen LogP contribution in [0, 0.1) is 0 Å². The number of imidazole rings is 1. The number of carbonyl (C=O) groups is 1. The topological polar surface area (TPSA) is 79.5 Å². The molecular weight excluding hydrogens is 220 g/mol. The van der Waals surface area contributed by atoms with Crippen LogP contribution >= 0.6 is 0 Å². The normalized spacial score (nSPS) is 10.8.